The minimum atomic E-state index is -3.78. The van der Waals surface area contributed by atoms with Gasteiger partial charge in [0.1, 0.15) is 16.9 Å². The van der Waals surface area contributed by atoms with E-state index in [0.717, 1.165) is 16.9 Å². The van der Waals surface area contributed by atoms with Crippen molar-refractivity contribution >= 4 is 32.4 Å². The summed E-state index contributed by atoms with van der Waals surface area (Å²) in [6.45, 7) is 2.16. The molecule has 0 saturated carbocycles. The quantitative estimate of drug-likeness (QED) is 0.648. The second kappa shape index (κ2) is 8.21. The summed E-state index contributed by atoms with van der Waals surface area (Å²) in [5.74, 6) is -0.794. The second-order valence-electron chi connectivity index (χ2n) is 7.00. The zero-order valence-corrected chi connectivity index (χ0v) is 17.7. The Morgan fingerprint density at radius 1 is 1.13 bits per heavy atom. The number of aromatic nitrogens is 2. The van der Waals surface area contributed by atoms with Crippen LogP contribution in [0.4, 0.5) is 9.52 Å². The third-order valence-corrected chi connectivity index (χ3v) is 7.69. The molecular formula is C20H19FN4O3S2. The van der Waals surface area contributed by atoms with E-state index >= 15 is 0 Å². The molecule has 0 radical (unpaired) electrons. The highest BCUT2D eigenvalue weighted by Gasteiger charge is 2.39. The molecule has 3 aromatic rings. The number of nitrogens with zero attached hydrogens (tertiary/aromatic N) is 3. The fourth-order valence-corrected chi connectivity index (χ4v) is 5.72. The van der Waals surface area contributed by atoms with E-state index in [1.54, 1.807) is 36.4 Å². The molecule has 30 heavy (non-hydrogen) atoms. The third kappa shape index (κ3) is 4.11. The summed E-state index contributed by atoms with van der Waals surface area (Å²) in [6.07, 6.45) is 1.03. The van der Waals surface area contributed by atoms with Gasteiger partial charge in [0.2, 0.25) is 21.1 Å². The Bertz CT molecular complexity index is 1160. The first-order valence-electron chi connectivity index (χ1n) is 9.33. The van der Waals surface area contributed by atoms with E-state index in [1.165, 1.54) is 16.4 Å². The van der Waals surface area contributed by atoms with Gasteiger partial charge in [-0.05, 0) is 56.2 Å². The summed E-state index contributed by atoms with van der Waals surface area (Å²) >= 11 is 1.14. The van der Waals surface area contributed by atoms with Crippen LogP contribution in [0.5, 0.6) is 0 Å². The van der Waals surface area contributed by atoms with E-state index in [9.17, 15) is 17.6 Å². The van der Waals surface area contributed by atoms with Gasteiger partial charge in [0.05, 0.1) is 4.90 Å². The number of carbonyl (C=O) groups is 1. The van der Waals surface area contributed by atoms with Crippen molar-refractivity contribution in [3.05, 3.63) is 59.9 Å². The lowest BCUT2D eigenvalue weighted by molar-refractivity contribution is -0.119. The average molecular weight is 447 g/mol. The summed E-state index contributed by atoms with van der Waals surface area (Å²) in [6, 6.07) is 11.6. The highest BCUT2D eigenvalue weighted by atomic mass is 32.2. The van der Waals surface area contributed by atoms with Crippen LogP contribution in [0.15, 0.2) is 53.4 Å². The van der Waals surface area contributed by atoms with Crippen LogP contribution in [0, 0.1) is 12.7 Å². The first-order valence-corrected chi connectivity index (χ1v) is 11.6. The van der Waals surface area contributed by atoms with E-state index in [2.05, 4.69) is 15.5 Å². The first kappa shape index (κ1) is 20.6. The summed E-state index contributed by atoms with van der Waals surface area (Å²) in [7, 11) is -3.78. The molecule has 2 heterocycles. The number of sulfonamides is 1. The van der Waals surface area contributed by atoms with Crippen LogP contribution in [0.1, 0.15) is 18.4 Å². The molecule has 0 aliphatic carbocycles. The molecule has 156 valence electrons. The summed E-state index contributed by atoms with van der Waals surface area (Å²) in [5, 5.41) is 11.4. The Kier molecular flexibility index (Phi) is 5.63. The number of hydrogen-bond donors (Lipinski definition) is 1. The number of hydrogen-bond acceptors (Lipinski definition) is 6. The number of nitrogens with one attached hydrogen (secondary N) is 1. The Hall–Kier alpha value is -2.69. The molecular weight excluding hydrogens is 427 g/mol. The third-order valence-electron chi connectivity index (χ3n) is 4.88. The number of halogens is 1. The van der Waals surface area contributed by atoms with Crippen molar-refractivity contribution in [2.75, 3.05) is 11.9 Å². The van der Waals surface area contributed by atoms with Gasteiger partial charge >= 0.3 is 0 Å². The molecule has 0 spiro atoms. The van der Waals surface area contributed by atoms with E-state index in [0.29, 0.717) is 23.4 Å². The number of anilines is 1. The largest absolute Gasteiger partial charge is 0.299 e. The predicted octanol–water partition coefficient (Wildman–Crippen LogP) is 3.44. The molecule has 4 rings (SSSR count). The van der Waals surface area contributed by atoms with Gasteiger partial charge in [0, 0.05) is 12.1 Å². The zero-order valence-electron chi connectivity index (χ0n) is 16.1. The highest BCUT2D eigenvalue weighted by Crippen LogP contribution is 2.29. The van der Waals surface area contributed by atoms with Crippen LogP contribution in [0.25, 0.3) is 10.6 Å². The molecule has 0 bridgehead atoms. The number of rotatable bonds is 5. The molecule has 1 amide bonds. The molecule has 1 unspecified atom stereocenters. The standard InChI is InChI=1S/C20H19FN4O3S2/c1-13-4-10-16(11-5-13)30(27,28)25-12-2-3-17(25)18(26)22-20-24-23-19(29-20)14-6-8-15(21)9-7-14/h4-11,17H,2-3,12H2,1H3,(H,22,24,26). The van der Waals surface area contributed by atoms with Gasteiger partial charge in [-0.3, -0.25) is 10.1 Å². The smallest absolute Gasteiger partial charge is 0.244 e. The number of amides is 1. The molecule has 1 atom stereocenters. The van der Waals surface area contributed by atoms with Crippen LogP contribution in [-0.2, 0) is 14.8 Å². The molecule has 7 nitrogen and oxygen atoms in total. The van der Waals surface area contributed by atoms with E-state index in [4.69, 9.17) is 0 Å². The minimum Gasteiger partial charge on any atom is -0.299 e. The van der Waals surface area contributed by atoms with Crippen LogP contribution >= 0.6 is 11.3 Å². The molecule has 1 saturated heterocycles. The van der Waals surface area contributed by atoms with Gasteiger partial charge in [-0.15, -0.1) is 10.2 Å². The van der Waals surface area contributed by atoms with Crippen LogP contribution in [0.2, 0.25) is 0 Å². The SMILES string of the molecule is Cc1ccc(S(=O)(=O)N2CCCC2C(=O)Nc2nnc(-c3ccc(F)cc3)s2)cc1. The molecule has 1 fully saturated rings. The van der Waals surface area contributed by atoms with Crippen molar-refractivity contribution in [2.45, 2.75) is 30.7 Å². The first-order chi connectivity index (χ1) is 14.3. The van der Waals surface area contributed by atoms with E-state index in [1.807, 2.05) is 6.92 Å². The van der Waals surface area contributed by atoms with E-state index < -0.39 is 22.0 Å². The Morgan fingerprint density at radius 2 is 1.83 bits per heavy atom. The maximum Gasteiger partial charge on any atom is 0.244 e. The summed E-state index contributed by atoms with van der Waals surface area (Å²) in [4.78, 5) is 13.0. The Balaban J connectivity index is 1.50. The van der Waals surface area contributed by atoms with Crippen LogP contribution < -0.4 is 5.32 Å². The molecule has 10 heteroatoms. The van der Waals surface area contributed by atoms with Crippen molar-refractivity contribution in [2.24, 2.45) is 0 Å². The van der Waals surface area contributed by atoms with Crippen molar-refractivity contribution in [3.8, 4) is 10.6 Å². The fraction of sp³-hybridized carbons (Fsp3) is 0.250. The number of carbonyl (C=O) groups excluding carboxylic acids is 1. The lowest BCUT2D eigenvalue weighted by atomic mass is 10.2. The lowest BCUT2D eigenvalue weighted by Gasteiger charge is -2.23. The summed E-state index contributed by atoms with van der Waals surface area (Å²) in [5.41, 5.74) is 1.64. The fourth-order valence-electron chi connectivity index (χ4n) is 3.31. The van der Waals surface area contributed by atoms with Crippen molar-refractivity contribution in [3.63, 3.8) is 0 Å². The minimum absolute atomic E-state index is 0.169. The molecule has 2 aromatic carbocycles. The highest BCUT2D eigenvalue weighted by molar-refractivity contribution is 7.89. The average Bonchev–Trinajstić information content (AvgIpc) is 3.39. The van der Waals surface area contributed by atoms with Gasteiger partial charge < -0.3 is 0 Å². The monoisotopic (exact) mass is 446 g/mol. The van der Waals surface area contributed by atoms with Gasteiger partial charge in [-0.1, -0.05) is 29.0 Å². The Morgan fingerprint density at radius 3 is 2.53 bits per heavy atom. The van der Waals surface area contributed by atoms with E-state index in [-0.39, 0.29) is 22.4 Å². The van der Waals surface area contributed by atoms with Crippen LogP contribution in [-0.4, -0.2) is 41.4 Å². The maximum atomic E-state index is 13.1. The zero-order chi connectivity index (χ0) is 21.3. The maximum absolute atomic E-state index is 13.1. The molecule has 1 aliphatic heterocycles. The topological polar surface area (TPSA) is 92.3 Å². The molecule has 1 aliphatic rings. The lowest BCUT2D eigenvalue weighted by Crippen LogP contribution is -2.43. The van der Waals surface area contributed by atoms with Crippen molar-refractivity contribution in [1.82, 2.24) is 14.5 Å². The second-order valence-corrected chi connectivity index (χ2v) is 9.86. The normalized spacial score (nSPS) is 17.2. The van der Waals surface area contributed by atoms with Gasteiger partial charge in [0.25, 0.3) is 0 Å². The number of benzene rings is 2. The number of aryl methyl sites for hydroxylation is 1. The predicted molar refractivity (Wildman–Crippen MR) is 112 cm³/mol. The molecule has 1 N–H and O–H groups in total. The van der Waals surface area contributed by atoms with Crippen LogP contribution in [0.3, 0.4) is 0 Å². The van der Waals surface area contributed by atoms with Crippen molar-refractivity contribution in [1.29, 1.82) is 0 Å². The van der Waals surface area contributed by atoms with Crippen molar-refractivity contribution < 1.29 is 17.6 Å². The molecule has 1 aromatic heterocycles. The van der Waals surface area contributed by atoms with Gasteiger partial charge in [0.15, 0.2) is 0 Å². The summed E-state index contributed by atoms with van der Waals surface area (Å²) < 4.78 is 40.4. The Labute approximate surface area is 177 Å². The van der Waals surface area contributed by atoms with Gasteiger partial charge in [-0.2, -0.15) is 4.31 Å². The van der Waals surface area contributed by atoms with Gasteiger partial charge in [-0.25, -0.2) is 12.8 Å².